The van der Waals surface area contributed by atoms with E-state index in [0.29, 0.717) is 0 Å². The first-order valence-electron chi connectivity index (χ1n) is 29.5. The fourth-order valence-electron chi connectivity index (χ4n) is 9.81. The minimum absolute atomic E-state index is 1.02. The van der Waals surface area contributed by atoms with E-state index in [1.165, 1.54) is 334 Å². The van der Waals surface area contributed by atoms with Crippen molar-refractivity contribution < 1.29 is 0 Å². The van der Waals surface area contributed by atoms with Gasteiger partial charge in [0, 0.05) is 12.8 Å². The van der Waals surface area contributed by atoms with Gasteiger partial charge in [-0.15, -0.1) is 0 Å². The van der Waals surface area contributed by atoms with Gasteiger partial charge in [-0.1, -0.05) is 335 Å². The van der Waals surface area contributed by atoms with Gasteiger partial charge in [0.1, 0.15) is 18.0 Å². The van der Waals surface area contributed by atoms with Crippen molar-refractivity contribution in [2.45, 2.75) is 361 Å². The number of rotatable bonds is 54. The zero-order valence-electron chi connectivity index (χ0n) is 43.1. The van der Waals surface area contributed by atoms with E-state index in [1.54, 1.807) is 6.33 Å². The van der Waals surface area contributed by atoms with E-state index in [9.17, 15) is 0 Å². The summed E-state index contributed by atoms with van der Waals surface area (Å²) in [6, 6.07) is 0. The van der Waals surface area contributed by atoms with Gasteiger partial charge >= 0.3 is 0 Å². The first-order valence-corrected chi connectivity index (χ1v) is 29.5. The van der Waals surface area contributed by atoms with Crippen molar-refractivity contribution in [3.8, 4) is 0 Å². The monoisotopic (exact) mass is 866 g/mol. The molecule has 0 spiro atoms. The van der Waals surface area contributed by atoms with Crippen molar-refractivity contribution in [2.75, 3.05) is 0 Å². The second-order valence-electron chi connectivity index (χ2n) is 20.5. The van der Waals surface area contributed by atoms with Crippen molar-refractivity contribution in [1.82, 2.24) is 15.0 Å². The number of aryl methyl sites for hydroxylation is 2. The summed E-state index contributed by atoms with van der Waals surface area (Å²) in [5.41, 5.74) is 0. The molecule has 3 nitrogen and oxygen atoms in total. The Morgan fingerprint density at radius 3 is 0.516 bits per heavy atom. The molecule has 0 amide bonds. The lowest BCUT2D eigenvalue weighted by Gasteiger charge is -2.05. The molecule has 0 aliphatic carbocycles. The van der Waals surface area contributed by atoms with E-state index in [2.05, 4.69) is 23.8 Å². The van der Waals surface area contributed by atoms with Gasteiger partial charge in [0.25, 0.3) is 0 Å². The average molecular weight is 867 g/mol. The summed E-state index contributed by atoms with van der Waals surface area (Å²) in [6.45, 7) is 4.62. The molecule has 0 aromatic carbocycles. The van der Waals surface area contributed by atoms with Gasteiger partial charge in [0.05, 0.1) is 0 Å². The molecular formula is C59H115N3. The Bertz CT molecular complexity index is 876. The summed E-state index contributed by atoms with van der Waals surface area (Å²) in [5, 5.41) is 0. The van der Waals surface area contributed by atoms with Crippen LogP contribution in [-0.2, 0) is 12.8 Å². The van der Waals surface area contributed by atoms with Gasteiger partial charge in [-0.2, -0.15) is 0 Å². The Labute approximate surface area is 392 Å². The van der Waals surface area contributed by atoms with Crippen LogP contribution in [0, 0.1) is 0 Å². The van der Waals surface area contributed by atoms with Crippen LogP contribution < -0.4 is 0 Å². The molecule has 62 heavy (non-hydrogen) atoms. The average Bonchev–Trinajstić information content (AvgIpc) is 3.29. The van der Waals surface area contributed by atoms with Crippen molar-refractivity contribution >= 4 is 0 Å². The van der Waals surface area contributed by atoms with Crippen molar-refractivity contribution in [3.63, 3.8) is 0 Å². The van der Waals surface area contributed by atoms with Crippen LogP contribution in [0.15, 0.2) is 6.33 Å². The lowest BCUT2D eigenvalue weighted by molar-refractivity contribution is 0.515. The maximum atomic E-state index is 4.81. The zero-order chi connectivity index (χ0) is 44.2. The Balaban J connectivity index is 1.75. The minimum atomic E-state index is 1.02. The third-order valence-corrected chi connectivity index (χ3v) is 14.2. The first-order chi connectivity index (χ1) is 30.9. The Morgan fingerprint density at radius 2 is 0.355 bits per heavy atom. The molecule has 0 atom stereocenters. The van der Waals surface area contributed by atoms with Crippen molar-refractivity contribution in [3.05, 3.63) is 18.0 Å². The summed E-state index contributed by atoms with van der Waals surface area (Å²) in [6.07, 6.45) is 78.9. The maximum Gasteiger partial charge on any atom is 0.132 e. The number of aromatic nitrogens is 3. The molecule has 1 aromatic heterocycles. The van der Waals surface area contributed by atoms with Gasteiger partial charge in [-0.25, -0.2) is 15.0 Å². The van der Waals surface area contributed by atoms with E-state index in [-0.39, 0.29) is 0 Å². The normalized spacial score (nSPS) is 11.6. The number of nitrogens with zero attached hydrogens (tertiary/aromatic N) is 3. The molecule has 0 bridgehead atoms. The molecule has 1 rings (SSSR count). The lowest BCUT2D eigenvalue weighted by atomic mass is 10.0. The topological polar surface area (TPSA) is 38.7 Å². The molecule has 3 heteroatoms. The summed E-state index contributed by atoms with van der Waals surface area (Å²) in [5.74, 6) is 2.04. The molecule has 366 valence electrons. The molecule has 0 fully saturated rings. The zero-order valence-corrected chi connectivity index (χ0v) is 43.1. The van der Waals surface area contributed by atoms with Crippen LogP contribution in [0.2, 0.25) is 0 Å². The fourth-order valence-corrected chi connectivity index (χ4v) is 9.81. The van der Waals surface area contributed by atoms with E-state index in [1.807, 2.05) is 0 Å². The van der Waals surface area contributed by atoms with Gasteiger partial charge < -0.3 is 0 Å². The van der Waals surface area contributed by atoms with Crippen LogP contribution in [0.3, 0.4) is 0 Å². The van der Waals surface area contributed by atoms with Crippen LogP contribution in [0.1, 0.15) is 359 Å². The molecule has 0 radical (unpaired) electrons. The molecule has 0 aliphatic rings. The summed E-state index contributed by atoms with van der Waals surface area (Å²) in [4.78, 5) is 13.8. The molecule has 0 unspecified atom stereocenters. The first kappa shape index (κ1) is 59.0. The van der Waals surface area contributed by atoms with Crippen LogP contribution in [-0.4, -0.2) is 15.0 Å². The third kappa shape index (κ3) is 47.0. The lowest BCUT2D eigenvalue weighted by Crippen LogP contribution is -2.02. The predicted octanol–water partition coefficient (Wildman–Crippen LogP) is 21.3. The maximum absolute atomic E-state index is 4.81. The highest BCUT2D eigenvalue weighted by Gasteiger charge is 2.03. The molecule has 0 saturated carbocycles. The van der Waals surface area contributed by atoms with Crippen LogP contribution in [0.5, 0.6) is 0 Å². The summed E-state index contributed by atoms with van der Waals surface area (Å²) < 4.78 is 0. The number of hydrogen-bond acceptors (Lipinski definition) is 3. The van der Waals surface area contributed by atoms with Gasteiger partial charge in [0.2, 0.25) is 0 Å². The predicted molar refractivity (Wildman–Crippen MR) is 279 cm³/mol. The molecule has 1 heterocycles. The third-order valence-electron chi connectivity index (χ3n) is 14.2. The summed E-state index contributed by atoms with van der Waals surface area (Å²) in [7, 11) is 0. The van der Waals surface area contributed by atoms with E-state index >= 15 is 0 Å². The number of hydrogen-bond donors (Lipinski definition) is 0. The largest absolute Gasteiger partial charge is 0.221 e. The highest BCUT2D eigenvalue weighted by atomic mass is 15.0. The van der Waals surface area contributed by atoms with Crippen molar-refractivity contribution in [2.24, 2.45) is 0 Å². The summed E-state index contributed by atoms with van der Waals surface area (Å²) >= 11 is 0. The molecular weight excluding hydrogens is 751 g/mol. The van der Waals surface area contributed by atoms with E-state index in [4.69, 9.17) is 4.98 Å². The Kier molecular flexibility index (Phi) is 50.1. The molecule has 1 aromatic rings. The van der Waals surface area contributed by atoms with E-state index in [0.717, 1.165) is 24.5 Å². The Morgan fingerprint density at radius 1 is 0.210 bits per heavy atom. The van der Waals surface area contributed by atoms with Crippen LogP contribution in [0.4, 0.5) is 0 Å². The quantitative estimate of drug-likeness (QED) is 0.0612. The smallest absolute Gasteiger partial charge is 0.132 e. The van der Waals surface area contributed by atoms with Gasteiger partial charge in [-0.05, 0) is 12.8 Å². The highest BCUT2D eigenvalue weighted by Crippen LogP contribution is 2.19. The van der Waals surface area contributed by atoms with E-state index < -0.39 is 0 Å². The molecule has 0 aliphatic heterocycles. The van der Waals surface area contributed by atoms with Gasteiger partial charge in [0.15, 0.2) is 0 Å². The second-order valence-corrected chi connectivity index (χ2v) is 20.5. The second kappa shape index (κ2) is 52.6. The SMILES string of the molecule is CCCCCCCCCCCCCCCCCCCCCCCCCCCCc1ncnc(CCCCCCCCCCCCCCCCCCCCCCCCCCCC)n1. The Hall–Kier alpha value is -0.990. The molecule has 0 N–H and O–H groups in total. The van der Waals surface area contributed by atoms with Gasteiger partial charge in [-0.3, -0.25) is 0 Å². The number of unbranched alkanes of at least 4 members (excludes halogenated alkanes) is 50. The standard InChI is InChI=1S/C59H115N3/c1-3-5-7-9-11-13-15-17-19-21-23-25-27-29-31-33-35-37-39-41-43-45-47-49-51-53-55-58-60-57-61-59(62-58)56-54-52-50-48-46-44-42-40-38-36-34-32-30-28-26-24-22-20-18-16-14-12-10-8-6-4-2/h57H,3-56H2,1-2H3. The highest BCUT2D eigenvalue weighted by molar-refractivity contribution is 4.91. The van der Waals surface area contributed by atoms with Crippen molar-refractivity contribution in [1.29, 1.82) is 0 Å². The van der Waals surface area contributed by atoms with Crippen LogP contribution >= 0.6 is 0 Å². The molecule has 0 saturated heterocycles. The minimum Gasteiger partial charge on any atom is -0.221 e. The van der Waals surface area contributed by atoms with Crippen LogP contribution in [0.25, 0.3) is 0 Å². The fraction of sp³-hybridized carbons (Fsp3) is 0.949.